The highest BCUT2D eigenvalue weighted by atomic mass is 32.2. The van der Waals surface area contributed by atoms with Gasteiger partial charge in [0.15, 0.2) is 5.78 Å². The number of hydrogen-bond acceptors (Lipinski definition) is 4. The van der Waals surface area contributed by atoms with E-state index in [4.69, 9.17) is 0 Å². The van der Waals surface area contributed by atoms with Crippen LogP contribution in [0.3, 0.4) is 0 Å². The van der Waals surface area contributed by atoms with Gasteiger partial charge in [-0.05, 0) is 6.07 Å². The van der Waals surface area contributed by atoms with Crippen molar-refractivity contribution in [3.63, 3.8) is 0 Å². The summed E-state index contributed by atoms with van der Waals surface area (Å²) >= 11 is 1.24. The minimum absolute atomic E-state index is 0.0423. The Balaban J connectivity index is 2.00. The minimum atomic E-state index is -0.558. The number of nitrogens with one attached hydrogen (secondary N) is 1. The van der Waals surface area contributed by atoms with Crippen LogP contribution in [-0.2, 0) is 20.9 Å². The van der Waals surface area contributed by atoms with Crippen LogP contribution in [0.4, 0.5) is 4.39 Å². The third-order valence-electron chi connectivity index (χ3n) is 3.64. The molecule has 1 saturated heterocycles. The molecule has 1 aromatic carbocycles. The number of hydrogen-bond donors (Lipinski definition) is 1. The van der Waals surface area contributed by atoms with E-state index in [9.17, 15) is 18.8 Å². The van der Waals surface area contributed by atoms with Crippen molar-refractivity contribution in [2.45, 2.75) is 27.3 Å². The van der Waals surface area contributed by atoms with E-state index in [0.717, 1.165) is 0 Å². The third kappa shape index (κ3) is 5.16. The van der Waals surface area contributed by atoms with Crippen molar-refractivity contribution in [3.05, 3.63) is 46.8 Å². The van der Waals surface area contributed by atoms with Crippen LogP contribution in [0.25, 0.3) is 0 Å². The number of carbonyl (C=O) groups is 3. The Morgan fingerprint density at radius 1 is 1.32 bits per heavy atom. The summed E-state index contributed by atoms with van der Waals surface area (Å²) in [7, 11) is 0. The molecule has 7 heteroatoms. The van der Waals surface area contributed by atoms with Crippen LogP contribution in [0.5, 0.6) is 0 Å². The number of nitrogens with zero attached hydrogens (tertiary/aromatic N) is 1. The second-order valence-corrected chi connectivity index (χ2v) is 7.73. The molecule has 0 unspecified atom stereocenters. The van der Waals surface area contributed by atoms with E-state index < -0.39 is 17.1 Å². The Labute approximate surface area is 150 Å². The highest BCUT2D eigenvalue weighted by Gasteiger charge is 2.30. The van der Waals surface area contributed by atoms with E-state index in [1.165, 1.54) is 28.8 Å². The topological polar surface area (TPSA) is 66.5 Å². The lowest BCUT2D eigenvalue weighted by Crippen LogP contribution is -2.37. The lowest BCUT2D eigenvalue weighted by Gasteiger charge is -2.19. The van der Waals surface area contributed by atoms with E-state index in [2.05, 4.69) is 5.32 Å². The molecule has 0 atom stereocenters. The number of amides is 2. The standard InChI is InChI=1S/C18H21FN2O3S/c1-18(2,3)14(22)8-17-21(16(24)11-25-17)10-15(23)20-9-12-6-4-5-7-13(12)19/h4-8H,9-11H2,1-3H3,(H,20,23)/b17-8-. The zero-order valence-corrected chi connectivity index (χ0v) is 15.3. The van der Waals surface area contributed by atoms with Gasteiger partial charge in [0.25, 0.3) is 0 Å². The molecule has 0 aliphatic carbocycles. The number of rotatable bonds is 5. The number of carbonyl (C=O) groups excluding carboxylic acids is 3. The Morgan fingerprint density at radius 2 is 2.00 bits per heavy atom. The molecular formula is C18H21FN2O3S. The summed E-state index contributed by atoms with van der Waals surface area (Å²) < 4.78 is 13.6. The van der Waals surface area contributed by atoms with Crippen LogP contribution in [0.15, 0.2) is 35.4 Å². The summed E-state index contributed by atoms with van der Waals surface area (Å²) in [5.41, 5.74) is -0.186. The summed E-state index contributed by atoms with van der Waals surface area (Å²) in [4.78, 5) is 37.5. The highest BCUT2D eigenvalue weighted by Crippen LogP contribution is 2.30. The maximum Gasteiger partial charge on any atom is 0.240 e. The van der Waals surface area contributed by atoms with Crippen molar-refractivity contribution < 1.29 is 18.8 Å². The van der Waals surface area contributed by atoms with Crippen LogP contribution >= 0.6 is 11.8 Å². The molecule has 25 heavy (non-hydrogen) atoms. The normalized spacial score (nSPS) is 16.4. The van der Waals surface area contributed by atoms with Crippen LogP contribution < -0.4 is 5.32 Å². The molecule has 1 N–H and O–H groups in total. The number of halogens is 1. The fraction of sp³-hybridized carbons (Fsp3) is 0.389. The largest absolute Gasteiger partial charge is 0.350 e. The average Bonchev–Trinajstić information content (AvgIpc) is 2.86. The second kappa shape index (κ2) is 7.82. The molecule has 5 nitrogen and oxygen atoms in total. The minimum Gasteiger partial charge on any atom is -0.350 e. The molecule has 0 radical (unpaired) electrons. The molecule has 1 aliphatic rings. The van der Waals surface area contributed by atoms with Crippen LogP contribution in [0.2, 0.25) is 0 Å². The SMILES string of the molecule is CC(C)(C)C(=O)/C=C1\SCC(=O)N1CC(=O)NCc1ccccc1F. The monoisotopic (exact) mass is 364 g/mol. The van der Waals surface area contributed by atoms with Gasteiger partial charge >= 0.3 is 0 Å². The number of benzene rings is 1. The zero-order valence-electron chi connectivity index (χ0n) is 14.5. The van der Waals surface area contributed by atoms with Crippen molar-refractivity contribution in [2.75, 3.05) is 12.3 Å². The van der Waals surface area contributed by atoms with E-state index in [-0.39, 0.29) is 30.5 Å². The van der Waals surface area contributed by atoms with Gasteiger partial charge in [-0.25, -0.2) is 4.39 Å². The quantitative estimate of drug-likeness (QED) is 0.815. The Bertz CT molecular complexity index is 725. The molecule has 1 fully saturated rings. The Kier molecular flexibility index (Phi) is 6.00. The Hall–Kier alpha value is -2.15. The molecule has 0 aromatic heterocycles. The lowest BCUT2D eigenvalue weighted by atomic mass is 9.91. The van der Waals surface area contributed by atoms with E-state index in [0.29, 0.717) is 10.6 Å². The van der Waals surface area contributed by atoms with E-state index in [1.807, 2.05) is 0 Å². The summed E-state index contributed by atoms with van der Waals surface area (Å²) in [6.07, 6.45) is 1.42. The van der Waals surface area contributed by atoms with E-state index in [1.54, 1.807) is 39.0 Å². The van der Waals surface area contributed by atoms with Gasteiger partial charge in [0.2, 0.25) is 11.8 Å². The molecule has 2 rings (SSSR count). The maximum absolute atomic E-state index is 13.6. The molecule has 134 valence electrons. The maximum atomic E-state index is 13.6. The molecule has 1 heterocycles. The van der Waals surface area contributed by atoms with Crippen molar-refractivity contribution in [1.29, 1.82) is 0 Å². The smallest absolute Gasteiger partial charge is 0.240 e. The number of allylic oxidation sites excluding steroid dienone is 1. The van der Waals surface area contributed by atoms with Crippen molar-refractivity contribution >= 4 is 29.4 Å². The first-order valence-corrected chi connectivity index (χ1v) is 8.86. The average molecular weight is 364 g/mol. The molecule has 0 bridgehead atoms. The first kappa shape index (κ1) is 19.2. The first-order valence-electron chi connectivity index (χ1n) is 7.88. The summed E-state index contributed by atoms with van der Waals surface area (Å²) in [5.74, 6) is -0.940. The molecular weight excluding hydrogens is 343 g/mol. The van der Waals surface area contributed by atoms with Crippen molar-refractivity contribution in [2.24, 2.45) is 5.41 Å². The molecule has 1 aromatic rings. The number of ketones is 1. The van der Waals surface area contributed by atoms with Gasteiger partial charge in [-0.2, -0.15) is 0 Å². The highest BCUT2D eigenvalue weighted by molar-refractivity contribution is 8.04. The van der Waals surface area contributed by atoms with Crippen LogP contribution in [-0.4, -0.2) is 34.8 Å². The van der Waals surface area contributed by atoms with Crippen molar-refractivity contribution in [1.82, 2.24) is 10.2 Å². The molecule has 2 amide bonds. The van der Waals surface area contributed by atoms with E-state index >= 15 is 0 Å². The van der Waals surface area contributed by atoms with Gasteiger partial charge in [-0.1, -0.05) is 50.7 Å². The summed E-state index contributed by atoms with van der Waals surface area (Å²) in [5, 5.41) is 3.07. The summed E-state index contributed by atoms with van der Waals surface area (Å²) in [6.45, 7) is 5.22. The van der Waals surface area contributed by atoms with Gasteiger partial charge in [0.05, 0.1) is 10.8 Å². The second-order valence-electron chi connectivity index (χ2n) is 6.73. The first-order chi connectivity index (χ1) is 11.7. The van der Waals surface area contributed by atoms with Gasteiger partial charge < -0.3 is 5.32 Å². The predicted molar refractivity (Wildman–Crippen MR) is 95.0 cm³/mol. The van der Waals surface area contributed by atoms with Gasteiger partial charge in [-0.15, -0.1) is 0 Å². The predicted octanol–water partition coefficient (Wildman–Crippen LogP) is 2.47. The third-order valence-corrected chi connectivity index (χ3v) is 4.67. The van der Waals surface area contributed by atoms with Crippen LogP contribution in [0, 0.1) is 11.2 Å². The number of thioether (sulfide) groups is 1. The molecule has 0 spiro atoms. The van der Waals surface area contributed by atoms with Gasteiger partial charge in [-0.3, -0.25) is 19.3 Å². The Morgan fingerprint density at radius 3 is 2.64 bits per heavy atom. The van der Waals surface area contributed by atoms with Gasteiger partial charge in [0.1, 0.15) is 12.4 Å². The lowest BCUT2D eigenvalue weighted by molar-refractivity contribution is -0.131. The summed E-state index contributed by atoms with van der Waals surface area (Å²) in [6, 6.07) is 6.16. The molecule has 0 saturated carbocycles. The zero-order chi connectivity index (χ0) is 18.6. The van der Waals surface area contributed by atoms with Crippen molar-refractivity contribution in [3.8, 4) is 0 Å². The molecule has 1 aliphatic heterocycles. The van der Waals surface area contributed by atoms with Crippen LogP contribution in [0.1, 0.15) is 26.3 Å². The fourth-order valence-corrected chi connectivity index (χ4v) is 3.00. The fourth-order valence-electron chi connectivity index (χ4n) is 2.06. The van der Waals surface area contributed by atoms with Gasteiger partial charge in [0, 0.05) is 23.6 Å².